The van der Waals surface area contributed by atoms with E-state index in [1.165, 1.54) is 25.6 Å². The largest absolute Gasteiger partial charge is 0.321 e. The summed E-state index contributed by atoms with van der Waals surface area (Å²) in [5.74, 6) is 5.72. The van der Waals surface area contributed by atoms with E-state index in [9.17, 15) is 8.42 Å². The van der Waals surface area contributed by atoms with Crippen molar-refractivity contribution < 1.29 is 8.42 Å². The Balaban J connectivity index is 2.31. The summed E-state index contributed by atoms with van der Waals surface area (Å²) in [6, 6.07) is 3.12. The molecule has 2 aromatic rings. The highest BCUT2D eigenvalue weighted by atomic mass is 32.2. The Morgan fingerprint density at radius 2 is 2.26 bits per heavy atom. The van der Waals surface area contributed by atoms with Gasteiger partial charge in [-0.15, -0.1) is 0 Å². The number of nitrogen functional groups attached to an aromatic ring is 1. The third-order valence-corrected chi connectivity index (χ3v) is 4.18. The van der Waals surface area contributed by atoms with Crippen molar-refractivity contribution in [3.8, 4) is 0 Å². The summed E-state index contributed by atoms with van der Waals surface area (Å²) in [6.07, 6.45) is 2.69. The molecule has 0 aliphatic heterocycles. The van der Waals surface area contributed by atoms with Crippen molar-refractivity contribution in [1.29, 1.82) is 0 Å². The fourth-order valence-corrected chi connectivity index (χ4v) is 2.64. The molecular formula is C9H13N7O2S. The molecule has 10 heteroatoms. The van der Waals surface area contributed by atoms with E-state index < -0.39 is 10.0 Å². The smallest absolute Gasteiger partial charge is 0.262 e. The quantitative estimate of drug-likeness (QED) is 0.489. The van der Waals surface area contributed by atoms with E-state index in [4.69, 9.17) is 5.84 Å². The van der Waals surface area contributed by atoms with Crippen LogP contribution in [0.2, 0.25) is 0 Å². The van der Waals surface area contributed by atoms with Crippen LogP contribution in [0.4, 0.5) is 5.69 Å². The number of sulfonamides is 1. The minimum absolute atomic E-state index is 0.0585. The number of hydrogen-bond donors (Lipinski definition) is 3. The number of aromatic nitrogens is 4. The van der Waals surface area contributed by atoms with Crippen molar-refractivity contribution >= 4 is 15.7 Å². The first-order valence-electron chi connectivity index (χ1n) is 5.28. The van der Waals surface area contributed by atoms with E-state index in [0.717, 1.165) is 4.31 Å². The Bertz CT molecular complexity index is 640. The molecule has 9 nitrogen and oxygen atoms in total. The number of aromatic amines is 1. The molecular weight excluding hydrogens is 270 g/mol. The first-order chi connectivity index (χ1) is 9.05. The van der Waals surface area contributed by atoms with Crippen molar-refractivity contribution in [2.24, 2.45) is 5.84 Å². The number of anilines is 1. The fraction of sp³-hybridized carbons (Fsp3) is 0.222. The lowest BCUT2D eigenvalue weighted by Gasteiger charge is -2.16. The number of nitrogens with two attached hydrogens (primary N) is 1. The van der Waals surface area contributed by atoms with Crippen LogP contribution < -0.4 is 11.3 Å². The molecule has 0 aliphatic rings. The molecule has 102 valence electrons. The van der Waals surface area contributed by atoms with Gasteiger partial charge >= 0.3 is 0 Å². The average molecular weight is 283 g/mol. The summed E-state index contributed by atoms with van der Waals surface area (Å²) in [5.41, 5.74) is 2.54. The number of nitrogens with zero attached hydrogens (tertiary/aromatic N) is 4. The van der Waals surface area contributed by atoms with Crippen LogP contribution in [0.5, 0.6) is 0 Å². The molecule has 0 saturated carbocycles. The van der Waals surface area contributed by atoms with Crippen LogP contribution in [0.25, 0.3) is 0 Å². The van der Waals surface area contributed by atoms with E-state index in [1.807, 2.05) is 0 Å². The van der Waals surface area contributed by atoms with Crippen LogP contribution in [0.1, 0.15) is 5.82 Å². The first-order valence-corrected chi connectivity index (χ1v) is 6.72. The van der Waals surface area contributed by atoms with E-state index in [2.05, 4.69) is 25.6 Å². The molecule has 2 aromatic heterocycles. The molecule has 0 aromatic carbocycles. The lowest BCUT2D eigenvalue weighted by atomic mass is 10.4. The zero-order valence-corrected chi connectivity index (χ0v) is 10.9. The average Bonchev–Trinajstić information content (AvgIpc) is 2.91. The molecule has 0 amide bonds. The highest BCUT2D eigenvalue weighted by molar-refractivity contribution is 7.89. The SMILES string of the molecule is CN(Cc1ncn[nH]1)S(=O)(=O)c1ncccc1NN. The second kappa shape index (κ2) is 5.30. The van der Waals surface area contributed by atoms with Gasteiger partial charge < -0.3 is 5.43 Å². The van der Waals surface area contributed by atoms with Gasteiger partial charge in [-0.1, -0.05) is 0 Å². The summed E-state index contributed by atoms with van der Waals surface area (Å²) < 4.78 is 25.8. The zero-order valence-electron chi connectivity index (χ0n) is 10.1. The maximum atomic E-state index is 12.3. The first kappa shape index (κ1) is 13.4. The molecule has 19 heavy (non-hydrogen) atoms. The summed E-state index contributed by atoms with van der Waals surface area (Å²) in [4.78, 5) is 7.73. The summed E-state index contributed by atoms with van der Waals surface area (Å²) >= 11 is 0. The van der Waals surface area contributed by atoms with Crippen molar-refractivity contribution in [2.45, 2.75) is 11.6 Å². The molecule has 0 atom stereocenters. The Labute approximate surface area is 109 Å². The highest BCUT2D eigenvalue weighted by Crippen LogP contribution is 2.20. The summed E-state index contributed by atoms with van der Waals surface area (Å²) in [7, 11) is -2.34. The van der Waals surface area contributed by atoms with Crippen LogP contribution in [-0.4, -0.2) is 39.9 Å². The predicted octanol–water partition coefficient (Wildman–Crippen LogP) is -0.694. The standard InChI is InChI=1S/C9H13N7O2S/c1-16(5-8-12-6-13-15-8)19(17,18)9-7(14-10)3-2-4-11-9/h2-4,6,14H,5,10H2,1H3,(H,12,13,15). The molecule has 0 saturated heterocycles. The van der Waals surface area contributed by atoms with Gasteiger partial charge in [0.1, 0.15) is 12.2 Å². The number of hydrogen-bond acceptors (Lipinski definition) is 7. The van der Waals surface area contributed by atoms with Gasteiger partial charge in [-0.25, -0.2) is 18.4 Å². The lowest BCUT2D eigenvalue weighted by Crippen LogP contribution is -2.29. The van der Waals surface area contributed by atoms with Crippen molar-refractivity contribution in [3.05, 3.63) is 30.5 Å². The van der Waals surface area contributed by atoms with Crippen LogP contribution in [0.15, 0.2) is 29.7 Å². The minimum atomic E-state index is -3.77. The van der Waals surface area contributed by atoms with Gasteiger partial charge in [-0.05, 0) is 12.1 Å². The molecule has 0 spiro atoms. The third kappa shape index (κ3) is 2.70. The van der Waals surface area contributed by atoms with E-state index in [-0.39, 0.29) is 17.3 Å². The topological polar surface area (TPSA) is 130 Å². The number of pyridine rings is 1. The second-order valence-corrected chi connectivity index (χ2v) is 5.65. The number of nitrogens with one attached hydrogen (secondary N) is 2. The van der Waals surface area contributed by atoms with Gasteiger partial charge in [0.2, 0.25) is 0 Å². The van der Waals surface area contributed by atoms with Gasteiger partial charge in [0.05, 0.1) is 12.2 Å². The van der Waals surface area contributed by atoms with E-state index in [0.29, 0.717) is 5.82 Å². The molecule has 4 N–H and O–H groups in total. The lowest BCUT2D eigenvalue weighted by molar-refractivity contribution is 0.455. The van der Waals surface area contributed by atoms with Crippen molar-refractivity contribution in [2.75, 3.05) is 12.5 Å². The molecule has 0 fully saturated rings. The van der Waals surface area contributed by atoms with Gasteiger partial charge in [0.25, 0.3) is 10.0 Å². The Hall–Kier alpha value is -2.04. The molecule has 0 radical (unpaired) electrons. The van der Waals surface area contributed by atoms with Crippen LogP contribution in [-0.2, 0) is 16.6 Å². The third-order valence-electron chi connectivity index (χ3n) is 2.42. The van der Waals surface area contributed by atoms with E-state index in [1.54, 1.807) is 6.07 Å². The van der Waals surface area contributed by atoms with Crippen molar-refractivity contribution in [1.82, 2.24) is 24.5 Å². The van der Waals surface area contributed by atoms with Crippen molar-refractivity contribution in [3.63, 3.8) is 0 Å². The van der Waals surface area contributed by atoms with Crippen LogP contribution in [0, 0.1) is 0 Å². The van der Waals surface area contributed by atoms with Gasteiger partial charge in [-0.3, -0.25) is 10.9 Å². The monoisotopic (exact) mass is 283 g/mol. The Morgan fingerprint density at radius 3 is 2.89 bits per heavy atom. The van der Waals surface area contributed by atoms with Crippen LogP contribution in [0.3, 0.4) is 0 Å². The fourth-order valence-electron chi connectivity index (χ4n) is 1.46. The van der Waals surface area contributed by atoms with Crippen LogP contribution >= 0.6 is 0 Å². The van der Waals surface area contributed by atoms with E-state index >= 15 is 0 Å². The Morgan fingerprint density at radius 1 is 1.47 bits per heavy atom. The molecule has 2 rings (SSSR count). The van der Waals surface area contributed by atoms with Gasteiger partial charge in [0.15, 0.2) is 5.03 Å². The number of H-pyrrole nitrogens is 1. The van der Waals surface area contributed by atoms with Gasteiger partial charge in [0, 0.05) is 13.2 Å². The number of rotatable bonds is 5. The summed E-state index contributed by atoms with van der Waals surface area (Å²) in [6.45, 7) is 0.0585. The molecule has 0 unspecified atom stereocenters. The molecule has 0 aliphatic carbocycles. The minimum Gasteiger partial charge on any atom is -0.321 e. The molecule has 2 heterocycles. The maximum absolute atomic E-state index is 12.3. The van der Waals surface area contributed by atoms with Gasteiger partial charge in [-0.2, -0.15) is 9.40 Å². The second-order valence-electron chi connectivity index (χ2n) is 3.69. The normalized spacial score (nSPS) is 11.7. The maximum Gasteiger partial charge on any atom is 0.262 e. The highest BCUT2D eigenvalue weighted by Gasteiger charge is 2.26. The summed E-state index contributed by atoms with van der Waals surface area (Å²) in [5, 5.41) is 6.11. The zero-order chi connectivity index (χ0) is 13.9. The number of hydrazine groups is 1. The Kier molecular flexibility index (Phi) is 3.74. The molecule has 0 bridgehead atoms. The predicted molar refractivity (Wildman–Crippen MR) is 67.1 cm³/mol.